The van der Waals surface area contributed by atoms with Crippen LogP contribution in [0, 0.1) is 0 Å². The molecule has 5 heteroatoms. The highest BCUT2D eigenvalue weighted by Crippen LogP contribution is 2.15. The Morgan fingerprint density at radius 2 is 2.05 bits per heavy atom. The lowest BCUT2D eigenvalue weighted by atomic mass is 9.97. The highest BCUT2D eigenvalue weighted by atomic mass is 16.3. The van der Waals surface area contributed by atoms with Gasteiger partial charge in [-0.25, -0.2) is 4.98 Å². The van der Waals surface area contributed by atoms with Crippen molar-refractivity contribution >= 4 is 11.7 Å². The number of anilines is 1. The molecule has 1 rings (SSSR count). The average Bonchev–Trinajstić information content (AvgIpc) is 2.44. The Bertz CT molecular complexity index is 442. The molecule has 1 amide bonds. The lowest BCUT2D eigenvalue weighted by Crippen LogP contribution is -2.42. The van der Waals surface area contributed by atoms with Crippen molar-refractivity contribution in [2.75, 3.05) is 11.9 Å². The van der Waals surface area contributed by atoms with E-state index in [9.17, 15) is 9.90 Å². The second kappa shape index (κ2) is 7.24. The number of nitrogens with zero attached hydrogens (tertiary/aromatic N) is 1. The third kappa shape index (κ3) is 4.49. The van der Waals surface area contributed by atoms with E-state index < -0.39 is 5.60 Å². The molecule has 1 aromatic heterocycles. The van der Waals surface area contributed by atoms with Gasteiger partial charge in [-0.1, -0.05) is 13.8 Å². The summed E-state index contributed by atoms with van der Waals surface area (Å²) in [4.78, 5) is 16.4. The van der Waals surface area contributed by atoms with Gasteiger partial charge in [-0.3, -0.25) is 4.79 Å². The van der Waals surface area contributed by atoms with Crippen LogP contribution in [0.2, 0.25) is 0 Å². The summed E-state index contributed by atoms with van der Waals surface area (Å²) in [5, 5.41) is 16.1. The van der Waals surface area contributed by atoms with E-state index in [1.165, 1.54) is 0 Å². The molecular weight excluding hydrogens is 254 g/mol. The zero-order chi connectivity index (χ0) is 15.2. The van der Waals surface area contributed by atoms with Gasteiger partial charge in [0.1, 0.15) is 5.82 Å². The molecule has 3 N–H and O–H groups in total. The van der Waals surface area contributed by atoms with E-state index in [2.05, 4.69) is 15.6 Å². The van der Waals surface area contributed by atoms with Gasteiger partial charge in [0, 0.05) is 18.8 Å². The van der Waals surface area contributed by atoms with Gasteiger partial charge < -0.3 is 15.7 Å². The molecule has 0 unspecified atom stereocenters. The van der Waals surface area contributed by atoms with E-state index in [-0.39, 0.29) is 18.5 Å². The molecular formula is C15H25N3O2. The number of hydrogen-bond acceptors (Lipinski definition) is 4. The van der Waals surface area contributed by atoms with Crippen LogP contribution >= 0.6 is 0 Å². The van der Waals surface area contributed by atoms with Crippen LogP contribution in [0.4, 0.5) is 5.82 Å². The van der Waals surface area contributed by atoms with E-state index in [1.54, 1.807) is 18.3 Å². The Morgan fingerprint density at radius 3 is 2.60 bits per heavy atom. The minimum atomic E-state index is -0.844. The summed E-state index contributed by atoms with van der Waals surface area (Å²) in [5.41, 5.74) is -0.348. The van der Waals surface area contributed by atoms with Crippen molar-refractivity contribution in [2.24, 2.45) is 0 Å². The van der Waals surface area contributed by atoms with Gasteiger partial charge in [0.25, 0.3) is 5.91 Å². The first kappa shape index (κ1) is 16.4. The summed E-state index contributed by atoms with van der Waals surface area (Å²) in [6.07, 6.45) is 2.86. The number of carbonyl (C=O) groups is 1. The zero-order valence-corrected chi connectivity index (χ0v) is 12.7. The third-order valence-electron chi connectivity index (χ3n) is 3.37. The number of pyridine rings is 1. The molecule has 0 saturated carbocycles. The summed E-state index contributed by atoms with van der Waals surface area (Å²) in [6.45, 7) is 8.04. The van der Waals surface area contributed by atoms with Crippen molar-refractivity contribution in [1.29, 1.82) is 0 Å². The molecule has 112 valence electrons. The van der Waals surface area contributed by atoms with Crippen LogP contribution in [-0.4, -0.2) is 34.2 Å². The van der Waals surface area contributed by atoms with Gasteiger partial charge in [0.15, 0.2) is 0 Å². The Balaban J connectivity index is 2.77. The largest absolute Gasteiger partial charge is 0.388 e. The summed E-state index contributed by atoms with van der Waals surface area (Å²) in [7, 11) is 0. The van der Waals surface area contributed by atoms with Crippen LogP contribution in [0.15, 0.2) is 18.3 Å². The highest BCUT2D eigenvalue weighted by Gasteiger charge is 2.23. The quantitative estimate of drug-likeness (QED) is 0.715. The first-order valence-corrected chi connectivity index (χ1v) is 7.14. The van der Waals surface area contributed by atoms with E-state index in [0.717, 1.165) is 0 Å². The number of amides is 1. The third-order valence-corrected chi connectivity index (χ3v) is 3.37. The summed E-state index contributed by atoms with van der Waals surface area (Å²) in [6, 6.07) is 3.65. The molecule has 0 aromatic carbocycles. The minimum absolute atomic E-state index is 0.194. The van der Waals surface area contributed by atoms with Gasteiger partial charge >= 0.3 is 0 Å². The van der Waals surface area contributed by atoms with Gasteiger partial charge in [-0.2, -0.15) is 0 Å². The average molecular weight is 279 g/mol. The summed E-state index contributed by atoms with van der Waals surface area (Å²) in [5.74, 6) is 0.345. The van der Waals surface area contributed by atoms with Crippen LogP contribution in [-0.2, 0) is 0 Å². The molecule has 0 atom stereocenters. The standard InChI is InChI=1S/C15H25N3O2/c1-5-15(20,6-2)10-17-14(19)12-8-7-9-16-13(12)18-11(3)4/h7-9,11,20H,5-6,10H2,1-4H3,(H,16,18)(H,17,19). The number of nitrogens with one attached hydrogen (secondary N) is 2. The maximum absolute atomic E-state index is 12.2. The second-order valence-electron chi connectivity index (χ2n) is 5.31. The van der Waals surface area contributed by atoms with Crippen molar-refractivity contribution in [1.82, 2.24) is 10.3 Å². The van der Waals surface area contributed by atoms with Crippen LogP contribution in [0.1, 0.15) is 50.9 Å². The van der Waals surface area contributed by atoms with Crippen molar-refractivity contribution in [2.45, 2.75) is 52.2 Å². The molecule has 0 fully saturated rings. The van der Waals surface area contributed by atoms with E-state index in [0.29, 0.717) is 24.2 Å². The molecule has 1 heterocycles. The van der Waals surface area contributed by atoms with Crippen molar-refractivity contribution in [3.05, 3.63) is 23.9 Å². The number of carbonyl (C=O) groups excluding carboxylic acids is 1. The fourth-order valence-corrected chi connectivity index (χ4v) is 1.82. The van der Waals surface area contributed by atoms with Gasteiger partial charge in [-0.15, -0.1) is 0 Å². The fraction of sp³-hybridized carbons (Fsp3) is 0.600. The second-order valence-corrected chi connectivity index (χ2v) is 5.31. The molecule has 0 bridgehead atoms. The molecule has 5 nitrogen and oxygen atoms in total. The van der Waals surface area contributed by atoms with Gasteiger partial charge in [-0.05, 0) is 38.8 Å². The predicted molar refractivity (Wildman–Crippen MR) is 80.9 cm³/mol. The Kier molecular flexibility index (Phi) is 5.95. The Labute approximate surface area is 120 Å². The lowest BCUT2D eigenvalue weighted by molar-refractivity contribution is 0.0314. The molecule has 0 radical (unpaired) electrons. The topological polar surface area (TPSA) is 74.2 Å². The van der Waals surface area contributed by atoms with Gasteiger partial charge in [0.05, 0.1) is 11.2 Å². The van der Waals surface area contributed by atoms with E-state index >= 15 is 0 Å². The Hall–Kier alpha value is -1.62. The van der Waals surface area contributed by atoms with Crippen molar-refractivity contribution in [3.63, 3.8) is 0 Å². The molecule has 0 aliphatic heterocycles. The van der Waals surface area contributed by atoms with Gasteiger partial charge in [0.2, 0.25) is 0 Å². The number of aromatic nitrogens is 1. The maximum Gasteiger partial charge on any atom is 0.255 e. The van der Waals surface area contributed by atoms with Crippen LogP contribution < -0.4 is 10.6 Å². The zero-order valence-electron chi connectivity index (χ0n) is 12.7. The molecule has 0 spiro atoms. The first-order chi connectivity index (χ1) is 9.41. The maximum atomic E-state index is 12.2. The highest BCUT2D eigenvalue weighted by molar-refractivity contribution is 5.98. The first-order valence-electron chi connectivity index (χ1n) is 7.14. The monoisotopic (exact) mass is 279 g/mol. The molecule has 1 aromatic rings. The molecule has 0 saturated heterocycles. The van der Waals surface area contributed by atoms with Crippen molar-refractivity contribution in [3.8, 4) is 0 Å². The normalized spacial score (nSPS) is 11.5. The predicted octanol–water partition coefficient (Wildman–Crippen LogP) is 2.18. The summed E-state index contributed by atoms with van der Waals surface area (Å²) < 4.78 is 0. The van der Waals surface area contributed by atoms with Crippen LogP contribution in [0.5, 0.6) is 0 Å². The smallest absolute Gasteiger partial charge is 0.255 e. The van der Waals surface area contributed by atoms with Crippen LogP contribution in [0.25, 0.3) is 0 Å². The molecule has 20 heavy (non-hydrogen) atoms. The SMILES string of the molecule is CCC(O)(CC)CNC(=O)c1cccnc1NC(C)C. The Morgan fingerprint density at radius 1 is 1.40 bits per heavy atom. The number of rotatable bonds is 7. The van der Waals surface area contributed by atoms with Crippen LogP contribution in [0.3, 0.4) is 0 Å². The number of aliphatic hydroxyl groups is 1. The fourth-order valence-electron chi connectivity index (χ4n) is 1.82. The summed E-state index contributed by atoms with van der Waals surface area (Å²) >= 11 is 0. The minimum Gasteiger partial charge on any atom is -0.388 e. The number of hydrogen-bond donors (Lipinski definition) is 3. The van der Waals surface area contributed by atoms with Crippen molar-refractivity contribution < 1.29 is 9.90 Å². The lowest BCUT2D eigenvalue weighted by Gasteiger charge is -2.25. The molecule has 0 aliphatic carbocycles. The molecule has 0 aliphatic rings. The van der Waals surface area contributed by atoms with E-state index in [4.69, 9.17) is 0 Å². The van der Waals surface area contributed by atoms with E-state index in [1.807, 2.05) is 27.7 Å².